The van der Waals surface area contributed by atoms with Crippen LogP contribution in [0, 0.1) is 6.92 Å². The standard InChI is InChI=1S/C18H24N4.C5H10O2/c1-14-7-8-16(22-11-9-20-10-12-22)17(19)18(14)21-13-15-5-3-2-4-6-15;1-5(2,3)7-4-6/h2-8,20-21H,9-13,19H2,1H3;4H,1-3H3. The summed E-state index contributed by atoms with van der Waals surface area (Å²) in [6, 6.07) is 14.7. The fraction of sp³-hybridized carbons (Fsp3) is 0.435. The van der Waals surface area contributed by atoms with Crippen LogP contribution >= 0.6 is 0 Å². The van der Waals surface area contributed by atoms with E-state index in [0.29, 0.717) is 6.47 Å². The molecule has 0 saturated carbocycles. The van der Waals surface area contributed by atoms with E-state index in [-0.39, 0.29) is 5.60 Å². The third-order valence-electron chi connectivity index (χ3n) is 4.60. The van der Waals surface area contributed by atoms with Gasteiger partial charge in [0.2, 0.25) is 0 Å². The van der Waals surface area contributed by atoms with Crippen LogP contribution in [-0.2, 0) is 16.1 Å². The van der Waals surface area contributed by atoms with Crippen LogP contribution in [0.5, 0.6) is 0 Å². The Morgan fingerprint density at radius 2 is 1.79 bits per heavy atom. The molecule has 1 aliphatic heterocycles. The second-order valence-electron chi connectivity index (χ2n) is 8.09. The average molecular weight is 399 g/mol. The van der Waals surface area contributed by atoms with Gasteiger partial charge < -0.3 is 26.0 Å². The number of anilines is 3. The number of hydrogen-bond donors (Lipinski definition) is 3. The Balaban J connectivity index is 0.000000370. The first-order chi connectivity index (χ1) is 13.8. The van der Waals surface area contributed by atoms with Crippen molar-refractivity contribution in [3.63, 3.8) is 0 Å². The summed E-state index contributed by atoms with van der Waals surface area (Å²) in [5.41, 5.74) is 11.6. The van der Waals surface area contributed by atoms with Crippen LogP contribution in [0.1, 0.15) is 31.9 Å². The number of nitrogens with two attached hydrogens (primary N) is 1. The number of carbonyl (C=O) groups is 1. The Morgan fingerprint density at radius 3 is 2.34 bits per heavy atom. The first-order valence-corrected chi connectivity index (χ1v) is 10.1. The molecule has 0 aliphatic carbocycles. The molecule has 6 heteroatoms. The molecule has 1 fully saturated rings. The Labute approximate surface area is 174 Å². The molecule has 2 aromatic carbocycles. The molecular weight excluding hydrogens is 364 g/mol. The number of hydrogen-bond acceptors (Lipinski definition) is 6. The second-order valence-corrected chi connectivity index (χ2v) is 8.09. The Hall–Kier alpha value is -2.73. The minimum Gasteiger partial charge on any atom is -0.462 e. The summed E-state index contributed by atoms with van der Waals surface area (Å²) in [6.45, 7) is 12.9. The maximum absolute atomic E-state index is 9.60. The Kier molecular flexibility index (Phi) is 8.34. The van der Waals surface area contributed by atoms with Crippen LogP contribution in [0.3, 0.4) is 0 Å². The van der Waals surface area contributed by atoms with E-state index in [9.17, 15) is 4.79 Å². The molecule has 1 heterocycles. The van der Waals surface area contributed by atoms with Gasteiger partial charge in [-0.25, -0.2) is 0 Å². The maximum Gasteiger partial charge on any atom is 0.293 e. The highest BCUT2D eigenvalue weighted by atomic mass is 16.5. The normalized spacial score (nSPS) is 13.9. The highest BCUT2D eigenvalue weighted by Crippen LogP contribution is 2.34. The average Bonchev–Trinajstić information content (AvgIpc) is 2.69. The minimum atomic E-state index is -0.318. The molecule has 0 unspecified atom stereocenters. The van der Waals surface area contributed by atoms with Gasteiger partial charge in [0, 0.05) is 32.7 Å². The van der Waals surface area contributed by atoms with Crippen molar-refractivity contribution in [3.05, 3.63) is 53.6 Å². The fourth-order valence-corrected chi connectivity index (χ4v) is 3.06. The third-order valence-corrected chi connectivity index (χ3v) is 4.60. The molecule has 4 N–H and O–H groups in total. The molecule has 0 radical (unpaired) electrons. The van der Waals surface area contributed by atoms with Gasteiger partial charge in [0.1, 0.15) is 5.60 Å². The van der Waals surface area contributed by atoms with Crippen molar-refractivity contribution in [2.75, 3.05) is 42.1 Å². The van der Waals surface area contributed by atoms with Gasteiger partial charge in [-0.1, -0.05) is 36.4 Å². The SMILES string of the molecule is CC(C)(C)OC=O.Cc1ccc(N2CCNCC2)c(N)c1NCc1ccccc1. The van der Waals surface area contributed by atoms with Crippen LogP contribution in [0.25, 0.3) is 0 Å². The Morgan fingerprint density at radius 1 is 1.14 bits per heavy atom. The molecule has 1 aliphatic rings. The molecule has 1 saturated heterocycles. The lowest BCUT2D eigenvalue weighted by Gasteiger charge is -2.31. The van der Waals surface area contributed by atoms with Gasteiger partial charge in [0.05, 0.1) is 17.1 Å². The van der Waals surface area contributed by atoms with E-state index in [0.717, 1.165) is 49.8 Å². The van der Waals surface area contributed by atoms with Crippen molar-refractivity contribution in [1.82, 2.24) is 5.32 Å². The Bertz CT molecular complexity index is 766. The van der Waals surface area contributed by atoms with Crippen molar-refractivity contribution in [2.24, 2.45) is 0 Å². The summed E-state index contributed by atoms with van der Waals surface area (Å²) in [6.07, 6.45) is 0. The number of nitrogens with one attached hydrogen (secondary N) is 2. The van der Waals surface area contributed by atoms with E-state index >= 15 is 0 Å². The second kappa shape index (κ2) is 10.7. The molecular formula is C23H34N4O2. The summed E-state index contributed by atoms with van der Waals surface area (Å²) in [5, 5.41) is 6.89. The summed E-state index contributed by atoms with van der Waals surface area (Å²) in [7, 11) is 0. The van der Waals surface area contributed by atoms with Gasteiger partial charge in [-0.15, -0.1) is 0 Å². The van der Waals surface area contributed by atoms with Gasteiger partial charge >= 0.3 is 0 Å². The summed E-state index contributed by atoms with van der Waals surface area (Å²) in [5.74, 6) is 0. The van der Waals surface area contributed by atoms with E-state index in [1.54, 1.807) is 0 Å². The lowest BCUT2D eigenvalue weighted by molar-refractivity contribution is -0.138. The molecule has 6 nitrogen and oxygen atoms in total. The van der Waals surface area contributed by atoms with Crippen molar-refractivity contribution in [2.45, 2.75) is 39.8 Å². The van der Waals surface area contributed by atoms with E-state index in [1.165, 1.54) is 11.1 Å². The van der Waals surface area contributed by atoms with E-state index in [4.69, 9.17) is 5.73 Å². The topological polar surface area (TPSA) is 79.6 Å². The van der Waals surface area contributed by atoms with Crippen LogP contribution in [-0.4, -0.2) is 38.3 Å². The number of aryl methyl sites for hydroxylation is 1. The quantitative estimate of drug-likeness (QED) is 0.528. The van der Waals surface area contributed by atoms with Crippen molar-refractivity contribution in [3.8, 4) is 0 Å². The fourth-order valence-electron chi connectivity index (χ4n) is 3.06. The van der Waals surface area contributed by atoms with Gasteiger partial charge in [0.15, 0.2) is 0 Å². The molecule has 0 bridgehead atoms. The molecule has 3 rings (SSSR count). The molecule has 0 aromatic heterocycles. The van der Waals surface area contributed by atoms with Gasteiger partial charge in [0.25, 0.3) is 6.47 Å². The summed E-state index contributed by atoms with van der Waals surface area (Å²) in [4.78, 5) is 12.0. The van der Waals surface area contributed by atoms with Crippen LogP contribution in [0.15, 0.2) is 42.5 Å². The third kappa shape index (κ3) is 7.31. The highest BCUT2D eigenvalue weighted by molar-refractivity contribution is 5.83. The van der Waals surface area contributed by atoms with E-state index < -0.39 is 0 Å². The zero-order chi connectivity index (χ0) is 21.3. The zero-order valence-corrected chi connectivity index (χ0v) is 18.0. The van der Waals surface area contributed by atoms with Crippen LogP contribution in [0.4, 0.5) is 17.1 Å². The minimum absolute atomic E-state index is 0.318. The number of rotatable bonds is 5. The van der Waals surface area contributed by atoms with Gasteiger partial charge in [-0.05, 0) is 44.9 Å². The van der Waals surface area contributed by atoms with Crippen LogP contribution in [0.2, 0.25) is 0 Å². The number of carbonyl (C=O) groups excluding carboxylic acids is 1. The number of benzene rings is 2. The summed E-state index contributed by atoms with van der Waals surface area (Å²) < 4.78 is 4.55. The lowest BCUT2D eigenvalue weighted by Crippen LogP contribution is -2.43. The smallest absolute Gasteiger partial charge is 0.293 e. The van der Waals surface area contributed by atoms with Gasteiger partial charge in [-0.2, -0.15) is 0 Å². The van der Waals surface area contributed by atoms with E-state index in [2.05, 4.69) is 63.6 Å². The zero-order valence-electron chi connectivity index (χ0n) is 18.0. The maximum atomic E-state index is 9.60. The predicted octanol–water partition coefficient (Wildman–Crippen LogP) is 3.56. The number of ether oxygens (including phenoxy) is 1. The molecule has 0 atom stereocenters. The number of piperazine rings is 1. The largest absolute Gasteiger partial charge is 0.462 e. The predicted molar refractivity (Wildman–Crippen MR) is 121 cm³/mol. The van der Waals surface area contributed by atoms with Crippen molar-refractivity contribution in [1.29, 1.82) is 0 Å². The summed E-state index contributed by atoms with van der Waals surface area (Å²) >= 11 is 0. The monoisotopic (exact) mass is 398 g/mol. The van der Waals surface area contributed by atoms with Crippen molar-refractivity contribution >= 4 is 23.5 Å². The van der Waals surface area contributed by atoms with Gasteiger partial charge in [-0.3, -0.25) is 4.79 Å². The number of nitrogens with zero attached hydrogens (tertiary/aromatic N) is 1. The van der Waals surface area contributed by atoms with E-state index in [1.807, 2.05) is 26.8 Å². The molecule has 29 heavy (non-hydrogen) atoms. The molecule has 0 spiro atoms. The first-order valence-electron chi connectivity index (χ1n) is 10.1. The molecule has 2 aromatic rings. The first kappa shape index (κ1) is 22.6. The lowest BCUT2D eigenvalue weighted by atomic mass is 10.1. The molecule has 158 valence electrons. The molecule has 0 amide bonds. The highest BCUT2D eigenvalue weighted by Gasteiger charge is 2.16. The van der Waals surface area contributed by atoms with Crippen LogP contribution < -0.4 is 21.3 Å². The number of nitrogen functional groups attached to an aromatic ring is 1. The van der Waals surface area contributed by atoms with Crippen molar-refractivity contribution < 1.29 is 9.53 Å².